The number of rotatable bonds is 3. The zero-order chi connectivity index (χ0) is 12.5. The van der Waals surface area contributed by atoms with E-state index in [1.54, 1.807) is 31.4 Å². The van der Waals surface area contributed by atoms with Crippen molar-refractivity contribution in [1.82, 2.24) is 4.31 Å². The Bertz CT molecular complexity index is 486. The Balaban J connectivity index is 2.33. The molecule has 1 unspecified atom stereocenters. The second kappa shape index (κ2) is 5.06. The molecule has 0 bridgehead atoms. The van der Waals surface area contributed by atoms with Crippen LogP contribution >= 0.6 is 15.9 Å². The Morgan fingerprint density at radius 2 is 2.00 bits per heavy atom. The molecule has 1 aromatic rings. The van der Waals surface area contributed by atoms with Crippen LogP contribution in [0.3, 0.4) is 0 Å². The Morgan fingerprint density at radius 1 is 1.35 bits per heavy atom. The number of nitrogens with zero attached hydrogens (tertiary/aromatic N) is 1. The van der Waals surface area contributed by atoms with E-state index < -0.39 is 10.0 Å². The molecule has 94 valence electrons. The summed E-state index contributed by atoms with van der Waals surface area (Å²) in [5.41, 5.74) is 0. The molecule has 0 radical (unpaired) electrons. The van der Waals surface area contributed by atoms with Gasteiger partial charge in [-0.1, -0.05) is 15.9 Å². The van der Waals surface area contributed by atoms with Crippen LogP contribution in [-0.2, 0) is 14.8 Å². The summed E-state index contributed by atoms with van der Waals surface area (Å²) in [6.07, 6.45) is 1.27. The summed E-state index contributed by atoms with van der Waals surface area (Å²) in [5.74, 6) is 0. The average Bonchev–Trinajstić information content (AvgIpc) is 2.78. The Hall–Kier alpha value is -0.430. The summed E-state index contributed by atoms with van der Waals surface area (Å²) in [6.45, 7) is 0.525. The van der Waals surface area contributed by atoms with Crippen LogP contribution < -0.4 is 0 Å². The zero-order valence-electron chi connectivity index (χ0n) is 9.47. The summed E-state index contributed by atoms with van der Waals surface area (Å²) in [7, 11) is -1.89. The van der Waals surface area contributed by atoms with E-state index >= 15 is 0 Å². The predicted octanol–water partition coefficient (Wildman–Crippen LogP) is 2.21. The lowest BCUT2D eigenvalue weighted by Gasteiger charge is -2.22. The topological polar surface area (TPSA) is 46.6 Å². The van der Waals surface area contributed by atoms with Crippen LogP contribution in [0.15, 0.2) is 33.6 Å². The third kappa shape index (κ3) is 2.54. The first-order valence-corrected chi connectivity index (χ1v) is 7.59. The van der Waals surface area contributed by atoms with E-state index in [0.29, 0.717) is 11.4 Å². The molecule has 0 spiro atoms. The lowest BCUT2D eigenvalue weighted by Crippen LogP contribution is -2.36. The van der Waals surface area contributed by atoms with Crippen molar-refractivity contribution in [2.75, 3.05) is 13.7 Å². The van der Waals surface area contributed by atoms with Crippen LogP contribution in [-0.4, -0.2) is 32.6 Å². The van der Waals surface area contributed by atoms with Crippen molar-refractivity contribution in [3.05, 3.63) is 28.7 Å². The average molecular weight is 320 g/mol. The molecular formula is C11H14BrNO3S. The third-order valence-corrected chi connectivity index (χ3v) is 5.27. The van der Waals surface area contributed by atoms with E-state index in [4.69, 9.17) is 4.74 Å². The van der Waals surface area contributed by atoms with Crippen LogP contribution in [0.5, 0.6) is 0 Å². The lowest BCUT2D eigenvalue weighted by atomic mass is 10.4. The molecule has 2 rings (SSSR count). The van der Waals surface area contributed by atoms with Gasteiger partial charge in [-0.2, -0.15) is 4.31 Å². The van der Waals surface area contributed by atoms with Crippen LogP contribution in [0.25, 0.3) is 0 Å². The lowest BCUT2D eigenvalue weighted by molar-refractivity contribution is 0.0406. The molecule has 1 atom stereocenters. The highest BCUT2D eigenvalue weighted by Gasteiger charge is 2.35. The van der Waals surface area contributed by atoms with Gasteiger partial charge in [-0.05, 0) is 37.1 Å². The van der Waals surface area contributed by atoms with Gasteiger partial charge in [-0.25, -0.2) is 8.42 Å². The highest BCUT2D eigenvalue weighted by Crippen LogP contribution is 2.26. The number of halogens is 1. The minimum absolute atomic E-state index is 0.310. The minimum atomic E-state index is -3.43. The smallest absolute Gasteiger partial charge is 0.245 e. The predicted molar refractivity (Wildman–Crippen MR) is 68.1 cm³/mol. The largest absolute Gasteiger partial charge is 0.365 e. The van der Waals surface area contributed by atoms with Gasteiger partial charge < -0.3 is 4.74 Å². The fourth-order valence-electron chi connectivity index (χ4n) is 1.96. The second-order valence-electron chi connectivity index (χ2n) is 3.90. The molecule has 4 nitrogen and oxygen atoms in total. The number of sulfonamides is 1. The molecule has 0 amide bonds. The zero-order valence-corrected chi connectivity index (χ0v) is 11.9. The van der Waals surface area contributed by atoms with Gasteiger partial charge in [0, 0.05) is 18.1 Å². The van der Waals surface area contributed by atoms with Gasteiger partial charge >= 0.3 is 0 Å². The highest BCUT2D eigenvalue weighted by molar-refractivity contribution is 9.10. The van der Waals surface area contributed by atoms with Crippen molar-refractivity contribution < 1.29 is 13.2 Å². The normalized spacial score (nSPS) is 21.9. The van der Waals surface area contributed by atoms with Crippen molar-refractivity contribution in [3.63, 3.8) is 0 Å². The van der Waals surface area contributed by atoms with Gasteiger partial charge in [0.1, 0.15) is 6.23 Å². The Kier molecular flexibility index (Phi) is 3.87. The van der Waals surface area contributed by atoms with E-state index in [9.17, 15) is 8.42 Å². The van der Waals surface area contributed by atoms with Gasteiger partial charge in [-0.15, -0.1) is 0 Å². The van der Waals surface area contributed by atoms with Gasteiger partial charge in [0.2, 0.25) is 10.0 Å². The van der Waals surface area contributed by atoms with E-state index in [2.05, 4.69) is 15.9 Å². The number of hydrogen-bond acceptors (Lipinski definition) is 3. The minimum Gasteiger partial charge on any atom is -0.365 e. The summed E-state index contributed by atoms with van der Waals surface area (Å²) >= 11 is 3.29. The van der Waals surface area contributed by atoms with Crippen molar-refractivity contribution in [2.24, 2.45) is 0 Å². The molecule has 1 aliphatic heterocycles. The van der Waals surface area contributed by atoms with Crippen molar-refractivity contribution >= 4 is 26.0 Å². The quantitative estimate of drug-likeness (QED) is 0.858. The first kappa shape index (κ1) is 13.0. The molecule has 1 aliphatic rings. The molecule has 1 fully saturated rings. The third-order valence-electron chi connectivity index (χ3n) is 2.84. The van der Waals surface area contributed by atoms with E-state index in [0.717, 1.165) is 17.3 Å². The van der Waals surface area contributed by atoms with Gasteiger partial charge in [0.25, 0.3) is 0 Å². The summed E-state index contributed by atoms with van der Waals surface area (Å²) in [6, 6.07) is 6.66. The van der Waals surface area contributed by atoms with Gasteiger partial charge in [-0.3, -0.25) is 0 Å². The van der Waals surface area contributed by atoms with E-state index in [1.165, 1.54) is 4.31 Å². The van der Waals surface area contributed by atoms with Crippen LogP contribution in [0.4, 0.5) is 0 Å². The number of ether oxygens (including phenoxy) is 1. The van der Waals surface area contributed by atoms with Gasteiger partial charge in [0.15, 0.2) is 0 Å². The standard InChI is InChI=1S/C11H14BrNO3S/c1-16-11-3-2-8-13(11)17(14,15)10-6-4-9(12)5-7-10/h4-7,11H,2-3,8H2,1H3. The second-order valence-corrected chi connectivity index (χ2v) is 6.71. The SMILES string of the molecule is COC1CCCN1S(=O)(=O)c1ccc(Br)cc1. The fourth-order valence-corrected chi connectivity index (χ4v) is 3.85. The monoisotopic (exact) mass is 319 g/mol. The van der Waals surface area contributed by atoms with Crippen molar-refractivity contribution in [3.8, 4) is 0 Å². The first-order chi connectivity index (χ1) is 8.05. The van der Waals surface area contributed by atoms with Crippen LogP contribution in [0, 0.1) is 0 Å². The van der Waals surface area contributed by atoms with Crippen LogP contribution in [0.2, 0.25) is 0 Å². The number of benzene rings is 1. The first-order valence-electron chi connectivity index (χ1n) is 5.36. The number of methoxy groups -OCH3 is 1. The maximum Gasteiger partial charge on any atom is 0.245 e. The molecule has 1 heterocycles. The van der Waals surface area contributed by atoms with E-state index in [-0.39, 0.29) is 6.23 Å². The highest BCUT2D eigenvalue weighted by atomic mass is 79.9. The number of hydrogen-bond donors (Lipinski definition) is 0. The molecular weight excluding hydrogens is 306 g/mol. The molecule has 0 N–H and O–H groups in total. The summed E-state index contributed by atoms with van der Waals surface area (Å²) < 4.78 is 32.2. The molecule has 17 heavy (non-hydrogen) atoms. The molecule has 1 aromatic carbocycles. The Morgan fingerprint density at radius 3 is 2.59 bits per heavy atom. The van der Waals surface area contributed by atoms with E-state index in [1.807, 2.05) is 0 Å². The molecule has 6 heteroatoms. The maximum atomic E-state index is 12.3. The molecule has 1 saturated heterocycles. The fraction of sp³-hybridized carbons (Fsp3) is 0.455. The summed E-state index contributed by atoms with van der Waals surface area (Å²) in [4.78, 5) is 0.310. The van der Waals surface area contributed by atoms with Crippen LogP contribution in [0.1, 0.15) is 12.8 Å². The van der Waals surface area contributed by atoms with Crippen molar-refractivity contribution in [1.29, 1.82) is 0 Å². The Labute approximate surface area is 110 Å². The van der Waals surface area contributed by atoms with Crippen molar-refractivity contribution in [2.45, 2.75) is 24.0 Å². The summed E-state index contributed by atoms with van der Waals surface area (Å²) in [5, 5.41) is 0. The molecule has 0 aliphatic carbocycles. The molecule has 0 saturated carbocycles. The molecule has 0 aromatic heterocycles. The maximum absolute atomic E-state index is 12.3. The van der Waals surface area contributed by atoms with Gasteiger partial charge in [0.05, 0.1) is 4.90 Å².